The number of aromatic nitrogens is 1. The molecule has 1 aromatic carbocycles. The number of amides is 1. The molecule has 0 unspecified atom stereocenters. The van der Waals surface area contributed by atoms with E-state index in [1.807, 2.05) is 0 Å². The van der Waals surface area contributed by atoms with Crippen molar-refractivity contribution in [3.63, 3.8) is 0 Å². The summed E-state index contributed by atoms with van der Waals surface area (Å²) in [6.45, 7) is 1.97. The van der Waals surface area contributed by atoms with Crippen LogP contribution in [0.3, 0.4) is 0 Å². The summed E-state index contributed by atoms with van der Waals surface area (Å²) in [4.78, 5) is 19.3. The van der Waals surface area contributed by atoms with E-state index in [1.165, 1.54) is 15.3 Å². The first kappa shape index (κ1) is 25.0. The smallest absolute Gasteiger partial charge is 0.248 e. The molecule has 0 radical (unpaired) electrons. The van der Waals surface area contributed by atoms with Crippen molar-refractivity contribution in [1.82, 2.24) is 14.2 Å². The Hall–Kier alpha value is -2.10. The van der Waals surface area contributed by atoms with Gasteiger partial charge >= 0.3 is 0 Å². The van der Waals surface area contributed by atoms with Gasteiger partial charge in [0.05, 0.1) is 10.7 Å². The highest BCUT2D eigenvalue weighted by atomic mass is 35.5. The summed E-state index contributed by atoms with van der Waals surface area (Å²) >= 11 is 6.36. The number of halogens is 3. The molecule has 2 fully saturated rings. The molecule has 1 amide bonds. The summed E-state index contributed by atoms with van der Waals surface area (Å²) in [5.74, 6) is -3.05. The molecule has 6 nitrogen and oxygen atoms in total. The van der Waals surface area contributed by atoms with Crippen molar-refractivity contribution in [2.75, 3.05) is 13.6 Å². The number of sulfonamides is 1. The highest BCUT2D eigenvalue weighted by Gasteiger charge is 2.44. The zero-order valence-corrected chi connectivity index (χ0v) is 20.7. The highest BCUT2D eigenvalue weighted by molar-refractivity contribution is 7.89. The normalized spacial score (nSPS) is 21.5. The van der Waals surface area contributed by atoms with Crippen LogP contribution >= 0.6 is 11.6 Å². The van der Waals surface area contributed by atoms with Gasteiger partial charge in [-0.1, -0.05) is 29.8 Å². The number of pyridine rings is 1. The third-order valence-corrected chi connectivity index (χ3v) is 9.05. The van der Waals surface area contributed by atoms with E-state index < -0.39 is 22.0 Å². The maximum atomic E-state index is 13.8. The van der Waals surface area contributed by atoms with E-state index in [2.05, 4.69) is 4.98 Å². The van der Waals surface area contributed by atoms with Crippen LogP contribution in [0.1, 0.15) is 44.2 Å². The third kappa shape index (κ3) is 4.83. The number of likely N-dealkylation sites (N-methyl/N-ethyl adjacent to an activating group) is 1. The van der Waals surface area contributed by atoms with Crippen LogP contribution in [0.5, 0.6) is 0 Å². The van der Waals surface area contributed by atoms with Gasteiger partial charge < -0.3 is 4.90 Å². The summed E-state index contributed by atoms with van der Waals surface area (Å²) in [6.07, 6.45) is 0.788. The minimum atomic E-state index is -4.08. The number of carbonyl (C=O) groups excluding carboxylic acids is 1. The molecule has 1 aliphatic carbocycles. The topological polar surface area (TPSA) is 70.6 Å². The zero-order valence-electron chi connectivity index (χ0n) is 19.2. The van der Waals surface area contributed by atoms with Gasteiger partial charge in [-0.25, -0.2) is 17.2 Å². The van der Waals surface area contributed by atoms with Crippen molar-refractivity contribution >= 4 is 27.5 Å². The fourth-order valence-corrected chi connectivity index (χ4v) is 6.84. The molecular formula is C24H28ClF2N3O3S. The van der Waals surface area contributed by atoms with E-state index >= 15 is 0 Å². The van der Waals surface area contributed by atoms with E-state index in [1.54, 1.807) is 44.3 Å². The first-order valence-corrected chi connectivity index (χ1v) is 13.2. The molecule has 2 heterocycles. The Morgan fingerprint density at radius 1 is 1.15 bits per heavy atom. The molecule has 2 aromatic rings. The van der Waals surface area contributed by atoms with Gasteiger partial charge in [-0.05, 0) is 50.8 Å². The molecule has 1 aliphatic heterocycles. The number of rotatable bonds is 5. The lowest BCUT2D eigenvalue weighted by Crippen LogP contribution is -2.50. The van der Waals surface area contributed by atoms with Gasteiger partial charge in [0, 0.05) is 43.7 Å². The number of alkyl halides is 2. The van der Waals surface area contributed by atoms with E-state index in [-0.39, 0.29) is 54.8 Å². The molecule has 1 saturated carbocycles. The van der Waals surface area contributed by atoms with Gasteiger partial charge in [0.25, 0.3) is 0 Å². The molecule has 0 bridgehead atoms. The van der Waals surface area contributed by atoms with Crippen LogP contribution in [0.15, 0.2) is 41.3 Å². The minimum Gasteiger partial charge on any atom is -0.341 e. The van der Waals surface area contributed by atoms with E-state index in [0.29, 0.717) is 29.1 Å². The lowest BCUT2D eigenvalue weighted by atomic mass is 9.91. The van der Waals surface area contributed by atoms with Crippen LogP contribution in [-0.4, -0.2) is 60.1 Å². The van der Waals surface area contributed by atoms with E-state index in [0.717, 1.165) is 0 Å². The monoisotopic (exact) mass is 511 g/mol. The Labute approximate surface area is 204 Å². The van der Waals surface area contributed by atoms with Gasteiger partial charge in [-0.3, -0.25) is 9.78 Å². The van der Waals surface area contributed by atoms with Gasteiger partial charge in [0.15, 0.2) is 0 Å². The molecule has 1 saturated heterocycles. The fraction of sp³-hybridized carbons (Fsp3) is 0.500. The Morgan fingerprint density at radius 3 is 2.50 bits per heavy atom. The van der Waals surface area contributed by atoms with Crippen molar-refractivity contribution in [1.29, 1.82) is 0 Å². The Kier molecular flexibility index (Phi) is 6.99. The molecule has 4 rings (SSSR count). The summed E-state index contributed by atoms with van der Waals surface area (Å²) < 4.78 is 56.0. The molecule has 34 heavy (non-hydrogen) atoms. The molecular weight excluding hydrogens is 484 g/mol. The largest absolute Gasteiger partial charge is 0.341 e. The van der Waals surface area contributed by atoms with Crippen LogP contribution < -0.4 is 0 Å². The second-order valence-electron chi connectivity index (χ2n) is 9.09. The first-order valence-electron chi connectivity index (χ1n) is 11.4. The number of carbonyl (C=O) groups is 1. The van der Waals surface area contributed by atoms with Crippen LogP contribution in [0, 0.1) is 6.92 Å². The van der Waals surface area contributed by atoms with Crippen LogP contribution in [0.25, 0.3) is 11.3 Å². The average molecular weight is 512 g/mol. The van der Waals surface area contributed by atoms with Crippen molar-refractivity contribution in [2.45, 2.75) is 68.4 Å². The molecule has 0 N–H and O–H groups in total. The van der Waals surface area contributed by atoms with Crippen molar-refractivity contribution in [3.05, 3.63) is 47.1 Å². The quantitative estimate of drug-likeness (QED) is 0.572. The van der Waals surface area contributed by atoms with Gasteiger partial charge in [-0.15, -0.1) is 0 Å². The Bertz CT molecular complexity index is 1180. The number of aryl methyl sites for hydroxylation is 1. The summed E-state index contributed by atoms with van der Waals surface area (Å²) in [5, 5.41) is 0.375. The summed E-state index contributed by atoms with van der Waals surface area (Å²) in [5.41, 5.74) is 1.37. The van der Waals surface area contributed by atoms with Crippen molar-refractivity contribution < 1.29 is 22.0 Å². The number of hydrogen-bond acceptors (Lipinski definition) is 4. The van der Waals surface area contributed by atoms with Crippen LogP contribution in [0.4, 0.5) is 8.78 Å². The maximum Gasteiger partial charge on any atom is 0.248 e. The Morgan fingerprint density at radius 2 is 1.82 bits per heavy atom. The second-order valence-corrected chi connectivity index (χ2v) is 11.4. The predicted molar refractivity (Wildman–Crippen MR) is 126 cm³/mol. The van der Waals surface area contributed by atoms with Gasteiger partial charge in [-0.2, -0.15) is 4.31 Å². The molecule has 184 valence electrons. The molecule has 1 aromatic heterocycles. The fourth-order valence-electron chi connectivity index (χ4n) is 4.83. The van der Waals surface area contributed by atoms with Gasteiger partial charge in [0.1, 0.15) is 10.9 Å². The molecule has 2 aliphatic rings. The van der Waals surface area contributed by atoms with Crippen LogP contribution in [0.2, 0.25) is 5.02 Å². The number of benzene rings is 1. The zero-order chi connectivity index (χ0) is 24.7. The first-order chi connectivity index (χ1) is 16.0. The summed E-state index contributed by atoms with van der Waals surface area (Å²) in [7, 11) is -2.50. The lowest BCUT2D eigenvalue weighted by Gasteiger charge is -2.37. The van der Waals surface area contributed by atoms with Gasteiger partial charge in [0.2, 0.25) is 21.9 Å². The molecule has 1 atom stereocenters. The van der Waals surface area contributed by atoms with E-state index in [4.69, 9.17) is 11.6 Å². The second kappa shape index (κ2) is 9.51. The van der Waals surface area contributed by atoms with Crippen molar-refractivity contribution in [2.24, 2.45) is 0 Å². The number of hydrogen-bond donors (Lipinski definition) is 0. The number of nitrogens with zero attached hydrogens (tertiary/aromatic N) is 3. The standard InChI is InChI=1S/C24H28ClF2N3O3S/c1-16-9-10-21(22(28-16)18-6-3-4-7-19(18)25)34(32,33)30-15-5-8-20(30)23(31)29(2)17-11-13-24(26,27)14-12-17/h3-4,6-7,9-10,17,20H,5,8,11-15H2,1-2H3/t20-/m0/s1. The van der Waals surface area contributed by atoms with Crippen LogP contribution in [-0.2, 0) is 14.8 Å². The minimum absolute atomic E-state index is 0.00846. The predicted octanol–water partition coefficient (Wildman–Crippen LogP) is 4.90. The Balaban J connectivity index is 1.64. The highest BCUT2D eigenvalue weighted by Crippen LogP contribution is 2.37. The average Bonchev–Trinajstić information content (AvgIpc) is 3.29. The van der Waals surface area contributed by atoms with Crippen molar-refractivity contribution in [3.8, 4) is 11.3 Å². The molecule has 0 spiro atoms. The summed E-state index contributed by atoms with van der Waals surface area (Å²) in [6, 6.07) is 8.81. The molecule has 10 heteroatoms. The third-order valence-electron chi connectivity index (χ3n) is 6.78. The SMILES string of the molecule is Cc1ccc(S(=O)(=O)N2CCC[C@H]2C(=O)N(C)C2CCC(F)(F)CC2)c(-c2ccccc2Cl)n1. The lowest BCUT2D eigenvalue weighted by molar-refractivity contribution is -0.138. The maximum absolute atomic E-state index is 13.8. The van der Waals surface area contributed by atoms with E-state index in [9.17, 15) is 22.0 Å².